The Morgan fingerprint density at radius 3 is 2.48 bits per heavy atom. The van der Waals surface area contributed by atoms with Crippen LogP contribution in [0.1, 0.15) is 38.5 Å². The van der Waals surface area contributed by atoms with Crippen LogP contribution in [0.4, 0.5) is 0 Å². The minimum absolute atomic E-state index is 0.0102. The maximum absolute atomic E-state index is 12.9. The minimum Gasteiger partial charge on any atom is -0.482 e. The molecule has 1 amide bonds. The fourth-order valence-electron chi connectivity index (χ4n) is 4.02. The molecule has 1 atom stereocenters. The summed E-state index contributed by atoms with van der Waals surface area (Å²) in [7, 11) is -3.12. The van der Waals surface area contributed by atoms with Crippen molar-refractivity contribution < 1.29 is 27.5 Å². The lowest BCUT2D eigenvalue weighted by molar-refractivity contribution is -0.155. The Hall–Kier alpha value is -1.80. The molecule has 0 radical (unpaired) electrons. The molecule has 1 aromatic carbocycles. The Bertz CT molecular complexity index is 837. The fourth-order valence-corrected chi connectivity index (χ4v) is 5.91. The number of nitrogens with zero attached hydrogens (tertiary/aromatic N) is 1. The summed E-state index contributed by atoms with van der Waals surface area (Å²) in [6.45, 7) is -0.750. The maximum Gasteiger partial charge on any atom is 0.344 e. The lowest BCUT2D eigenvalue weighted by Crippen LogP contribution is -2.50. The Morgan fingerprint density at radius 2 is 1.83 bits per heavy atom. The van der Waals surface area contributed by atoms with Gasteiger partial charge in [0.25, 0.3) is 5.91 Å². The van der Waals surface area contributed by atoms with Crippen molar-refractivity contribution in [2.75, 3.05) is 24.7 Å². The number of ether oxygens (including phenoxy) is 2. The largest absolute Gasteiger partial charge is 0.482 e. The van der Waals surface area contributed by atoms with Crippen LogP contribution in [0, 0.1) is 0 Å². The predicted octanol–water partition coefficient (Wildman–Crippen LogP) is 2.61. The van der Waals surface area contributed by atoms with Crippen LogP contribution in [0.15, 0.2) is 24.3 Å². The van der Waals surface area contributed by atoms with Crippen LogP contribution in [0.25, 0.3) is 0 Å². The van der Waals surface area contributed by atoms with Crippen molar-refractivity contribution in [3.63, 3.8) is 0 Å². The van der Waals surface area contributed by atoms with Crippen molar-refractivity contribution in [3.8, 4) is 5.75 Å². The van der Waals surface area contributed by atoms with Crippen LogP contribution < -0.4 is 4.74 Å². The molecule has 29 heavy (non-hydrogen) atoms. The summed E-state index contributed by atoms with van der Waals surface area (Å²) >= 11 is 5.86. The van der Waals surface area contributed by atoms with Gasteiger partial charge in [0.1, 0.15) is 5.75 Å². The Kier molecular flexibility index (Phi) is 7.40. The highest BCUT2D eigenvalue weighted by molar-refractivity contribution is 7.91. The molecule has 1 saturated heterocycles. The van der Waals surface area contributed by atoms with Gasteiger partial charge in [-0.25, -0.2) is 13.2 Å². The molecule has 0 bridgehead atoms. The zero-order chi connectivity index (χ0) is 20.9. The standard InChI is InChI=1S/C20H26ClNO6S/c21-15-5-4-8-18(11-15)27-13-20(24)28-12-19(23)22(16-6-2-1-3-7-16)17-9-10-29(25,26)14-17/h4-5,8,11,16-17H,1-3,6-7,9-10,12-14H2. The van der Waals surface area contributed by atoms with E-state index in [4.69, 9.17) is 21.1 Å². The van der Waals surface area contributed by atoms with E-state index in [1.54, 1.807) is 29.2 Å². The Balaban J connectivity index is 1.55. The highest BCUT2D eigenvalue weighted by atomic mass is 35.5. The molecule has 1 aromatic rings. The molecule has 2 aliphatic rings. The first kappa shape index (κ1) is 21.9. The number of carbonyl (C=O) groups is 2. The zero-order valence-electron chi connectivity index (χ0n) is 16.2. The Labute approximate surface area is 176 Å². The lowest BCUT2D eigenvalue weighted by Gasteiger charge is -2.38. The molecular weight excluding hydrogens is 418 g/mol. The van der Waals surface area contributed by atoms with E-state index >= 15 is 0 Å². The van der Waals surface area contributed by atoms with Crippen LogP contribution in [0.3, 0.4) is 0 Å². The van der Waals surface area contributed by atoms with Crippen LogP contribution in [0.2, 0.25) is 5.02 Å². The number of carbonyl (C=O) groups excluding carboxylic acids is 2. The number of hydrogen-bond acceptors (Lipinski definition) is 6. The molecule has 7 nitrogen and oxygen atoms in total. The monoisotopic (exact) mass is 443 g/mol. The summed E-state index contributed by atoms with van der Waals surface area (Å²) in [6, 6.07) is 6.30. The van der Waals surface area contributed by atoms with Gasteiger partial charge in [0.05, 0.1) is 11.5 Å². The van der Waals surface area contributed by atoms with E-state index in [-0.39, 0.29) is 36.1 Å². The van der Waals surface area contributed by atoms with Gasteiger partial charge in [0.15, 0.2) is 23.1 Å². The van der Waals surface area contributed by atoms with Crippen molar-refractivity contribution >= 4 is 33.3 Å². The Morgan fingerprint density at radius 1 is 1.07 bits per heavy atom. The first-order valence-electron chi connectivity index (χ1n) is 9.89. The minimum atomic E-state index is -3.12. The molecule has 1 saturated carbocycles. The van der Waals surface area contributed by atoms with E-state index in [0.29, 0.717) is 17.2 Å². The molecule has 3 rings (SSSR count). The van der Waals surface area contributed by atoms with Crippen molar-refractivity contribution in [2.45, 2.75) is 50.6 Å². The second-order valence-electron chi connectivity index (χ2n) is 7.56. The smallest absolute Gasteiger partial charge is 0.344 e. The first-order chi connectivity index (χ1) is 13.8. The highest BCUT2D eigenvalue weighted by Crippen LogP contribution is 2.28. The first-order valence-corrected chi connectivity index (χ1v) is 12.1. The summed E-state index contributed by atoms with van der Waals surface area (Å²) in [6.07, 6.45) is 5.30. The van der Waals surface area contributed by atoms with Gasteiger partial charge >= 0.3 is 5.97 Å². The number of halogens is 1. The fraction of sp³-hybridized carbons (Fsp3) is 0.600. The molecule has 1 unspecified atom stereocenters. The molecule has 0 aromatic heterocycles. The number of sulfone groups is 1. The van der Waals surface area contributed by atoms with Gasteiger partial charge < -0.3 is 14.4 Å². The number of amides is 1. The third-order valence-corrected chi connectivity index (χ3v) is 7.35. The molecule has 0 spiro atoms. The van der Waals surface area contributed by atoms with Crippen molar-refractivity contribution in [1.29, 1.82) is 0 Å². The van der Waals surface area contributed by atoms with E-state index in [1.165, 1.54) is 0 Å². The summed E-state index contributed by atoms with van der Waals surface area (Å²) in [5.41, 5.74) is 0. The van der Waals surface area contributed by atoms with E-state index < -0.39 is 22.4 Å². The van der Waals surface area contributed by atoms with Crippen LogP contribution >= 0.6 is 11.6 Å². The van der Waals surface area contributed by atoms with Gasteiger partial charge in [-0.1, -0.05) is 36.9 Å². The topological polar surface area (TPSA) is 90.0 Å². The zero-order valence-corrected chi connectivity index (χ0v) is 17.8. The number of esters is 1. The van der Waals surface area contributed by atoms with E-state index in [2.05, 4.69) is 0 Å². The summed E-state index contributed by atoms with van der Waals surface area (Å²) in [4.78, 5) is 26.5. The average molecular weight is 444 g/mol. The maximum atomic E-state index is 12.9. The van der Waals surface area contributed by atoms with Gasteiger partial charge in [0.2, 0.25) is 0 Å². The normalized spacial score (nSPS) is 21.5. The van der Waals surface area contributed by atoms with Gasteiger partial charge in [0, 0.05) is 17.1 Å². The average Bonchev–Trinajstić information content (AvgIpc) is 3.05. The third kappa shape index (κ3) is 6.34. The molecule has 0 N–H and O–H groups in total. The second-order valence-corrected chi connectivity index (χ2v) is 10.2. The summed E-state index contributed by atoms with van der Waals surface area (Å²) in [5.74, 6) is -0.487. The number of rotatable bonds is 7. The van der Waals surface area contributed by atoms with Crippen molar-refractivity contribution in [2.24, 2.45) is 0 Å². The number of hydrogen-bond donors (Lipinski definition) is 0. The third-order valence-electron chi connectivity index (χ3n) is 5.37. The van der Waals surface area contributed by atoms with E-state index in [9.17, 15) is 18.0 Å². The lowest BCUT2D eigenvalue weighted by atomic mass is 9.93. The molecule has 1 heterocycles. The SMILES string of the molecule is O=C(COc1cccc(Cl)c1)OCC(=O)N(C1CCCCC1)C1CCS(=O)(=O)C1. The molecule has 1 aliphatic heterocycles. The van der Waals surface area contributed by atoms with Gasteiger partial charge in [-0.15, -0.1) is 0 Å². The molecule has 160 valence electrons. The molecule has 2 fully saturated rings. The van der Waals surface area contributed by atoms with Gasteiger partial charge in [-0.05, 0) is 37.5 Å². The highest BCUT2D eigenvalue weighted by Gasteiger charge is 2.38. The van der Waals surface area contributed by atoms with Crippen molar-refractivity contribution in [3.05, 3.63) is 29.3 Å². The van der Waals surface area contributed by atoms with Gasteiger partial charge in [-0.2, -0.15) is 0 Å². The van der Waals surface area contributed by atoms with E-state index in [1.807, 2.05) is 0 Å². The quantitative estimate of drug-likeness (QED) is 0.602. The van der Waals surface area contributed by atoms with E-state index in [0.717, 1.165) is 32.1 Å². The van der Waals surface area contributed by atoms with Crippen LogP contribution in [-0.2, 0) is 24.2 Å². The van der Waals surface area contributed by atoms with Gasteiger partial charge in [-0.3, -0.25) is 4.79 Å². The molecular formula is C20H26ClNO6S. The molecule has 9 heteroatoms. The summed E-state index contributed by atoms with van der Waals surface area (Å²) < 4.78 is 34.2. The summed E-state index contributed by atoms with van der Waals surface area (Å²) in [5, 5.41) is 0.487. The number of benzene rings is 1. The second kappa shape index (κ2) is 9.80. The molecule has 1 aliphatic carbocycles. The van der Waals surface area contributed by atoms with Crippen molar-refractivity contribution in [1.82, 2.24) is 4.90 Å². The van der Waals surface area contributed by atoms with Crippen LogP contribution in [-0.4, -0.2) is 62.0 Å². The van der Waals surface area contributed by atoms with Crippen LogP contribution in [0.5, 0.6) is 5.75 Å². The predicted molar refractivity (Wildman–Crippen MR) is 109 cm³/mol.